The second kappa shape index (κ2) is 3.46. The summed E-state index contributed by atoms with van der Waals surface area (Å²) in [6.45, 7) is 2.54. The van der Waals surface area contributed by atoms with Crippen molar-refractivity contribution in [2.24, 2.45) is 5.92 Å². The third-order valence-electron chi connectivity index (χ3n) is 2.57. The first-order valence-electron chi connectivity index (χ1n) is 4.63. The Morgan fingerprint density at radius 2 is 2.31 bits per heavy atom. The van der Waals surface area contributed by atoms with Crippen molar-refractivity contribution in [1.82, 2.24) is 4.90 Å². The molecule has 72 valence electrons. The number of nitrogens with zero attached hydrogens (tertiary/aromatic N) is 1. The van der Waals surface area contributed by atoms with Crippen LogP contribution >= 0.6 is 0 Å². The number of rotatable bonds is 2. The quantitative estimate of drug-likeness (QED) is 0.558. The molecule has 4 heteroatoms. The smallest absolute Gasteiger partial charge is 0.230 e. The lowest BCUT2D eigenvalue weighted by Gasteiger charge is -2.17. The fourth-order valence-corrected chi connectivity index (χ4v) is 1.84. The monoisotopic (exact) mass is 183 g/mol. The van der Waals surface area contributed by atoms with Gasteiger partial charge >= 0.3 is 0 Å². The van der Waals surface area contributed by atoms with Gasteiger partial charge in [-0.15, -0.1) is 0 Å². The molecule has 0 aromatic rings. The van der Waals surface area contributed by atoms with E-state index in [1.54, 1.807) is 4.90 Å². The number of likely N-dealkylation sites (tertiary alicyclic amines) is 1. The summed E-state index contributed by atoms with van der Waals surface area (Å²) in [5, 5.41) is 0. The molecule has 0 bridgehead atoms. The molecule has 0 radical (unpaired) electrons. The molecule has 0 aromatic heterocycles. The maximum Gasteiger partial charge on any atom is 0.230 e. The number of ether oxygens (including phenoxy) is 1. The van der Waals surface area contributed by atoms with Crippen LogP contribution in [0.25, 0.3) is 0 Å². The van der Waals surface area contributed by atoms with Crippen molar-refractivity contribution < 1.29 is 14.3 Å². The number of Topliss-reactive ketones (excluding diaryl/α,β-unsaturated/α-hetero) is 1. The van der Waals surface area contributed by atoms with Crippen LogP contribution in [0, 0.1) is 5.92 Å². The lowest BCUT2D eigenvalue weighted by Crippen LogP contribution is -2.31. The van der Waals surface area contributed by atoms with Gasteiger partial charge in [0.15, 0.2) is 5.78 Å². The number of ketones is 1. The van der Waals surface area contributed by atoms with E-state index in [4.69, 9.17) is 4.74 Å². The van der Waals surface area contributed by atoms with Crippen LogP contribution < -0.4 is 0 Å². The number of amides is 1. The maximum atomic E-state index is 11.2. The van der Waals surface area contributed by atoms with E-state index in [9.17, 15) is 9.59 Å². The van der Waals surface area contributed by atoms with Crippen LogP contribution in [-0.2, 0) is 14.3 Å². The van der Waals surface area contributed by atoms with Crippen molar-refractivity contribution in [1.29, 1.82) is 0 Å². The largest absolute Gasteiger partial charge is 0.381 e. The zero-order chi connectivity index (χ0) is 9.26. The van der Waals surface area contributed by atoms with E-state index >= 15 is 0 Å². The summed E-state index contributed by atoms with van der Waals surface area (Å²) in [4.78, 5) is 23.8. The molecule has 2 aliphatic heterocycles. The Hall–Kier alpha value is -0.900. The maximum absolute atomic E-state index is 11.2. The second-order valence-corrected chi connectivity index (χ2v) is 3.72. The molecular weight excluding hydrogens is 170 g/mol. The van der Waals surface area contributed by atoms with Crippen molar-refractivity contribution in [3.8, 4) is 0 Å². The summed E-state index contributed by atoms with van der Waals surface area (Å²) in [5.74, 6) is 0.468. The molecule has 1 atom stereocenters. The molecule has 13 heavy (non-hydrogen) atoms. The number of carbonyl (C=O) groups is 2. The number of carbonyl (C=O) groups excluding carboxylic acids is 2. The minimum Gasteiger partial charge on any atom is -0.381 e. The van der Waals surface area contributed by atoms with Crippen LogP contribution in [0.5, 0.6) is 0 Å². The summed E-state index contributed by atoms with van der Waals surface area (Å²) < 4.78 is 5.21. The van der Waals surface area contributed by atoms with Crippen molar-refractivity contribution in [2.75, 3.05) is 26.3 Å². The van der Waals surface area contributed by atoms with Gasteiger partial charge in [-0.3, -0.25) is 9.59 Å². The lowest BCUT2D eigenvalue weighted by molar-refractivity contribution is -0.128. The Kier molecular flexibility index (Phi) is 2.31. The van der Waals surface area contributed by atoms with Crippen molar-refractivity contribution in [3.05, 3.63) is 0 Å². The van der Waals surface area contributed by atoms with Gasteiger partial charge in [0, 0.05) is 19.1 Å². The fraction of sp³-hybridized carbons (Fsp3) is 0.778. The Balaban J connectivity index is 1.87. The van der Waals surface area contributed by atoms with E-state index in [0.29, 0.717) is 19.0 Å². The van der Waals surface area contributed by atoms with Gasteiger partial charge in [0.05, 0.1) is 19.6 Å². The zero-order valence-corrected chi connectivity index (χ0v) is 7.49. The highest BCUT2D eigenvalue weighted by Gasteiger charge is 2.30. The molecule has 0 aliphatic carbocycles. The third-order valence-corrected chi connectivity index (χ3v) is 2.57. The molecule has 0 aromatic carbocycles. The van der Waals surface area contributed by atoms with Crippen molar-refractivity contribution in [2.45, 2.75) is 12.8 Å². The SMILES string of the molecule is O=C1CC(=O)N(CC2CCOC2)C1. The summed E-state index contributed by atoms with van der Waals surface area (Å²) in [5.41, 5.74) is 0. The minimum absolute atomic E-state index is 0.0168. The molecule has 2 rings (SSSR count). The standard InChI is InChI=1S/C9H13NO3/c11-8-3-9(12)10(5-8)4-7-1-2-13-6-7/h7H,1-6H2. The van der Waals surface area contributed by atoms with Gasteiger partial charge in [-0.2, -0.15) is 0 Å². The highest BCUT2D eigenvalue weighted by Crippen LogP contribution is 2.16. The first kappa shape index (κ1) is 8.69. The average Bonchev–Trinajstić information content (AvgIpc) is 2.63. The number of hydrogen-bond acceptors (Lipinski definition) is 3. The van der Waals surface area contributed by atoms with E-state index in [2.05, 4.69) is 0 Å². The third kappa shape index (κ3) is 1.88. The normalized spacial score (nSPS) is 28.9. The molecule has 2 saturated heterocycles. The van der Waals surface area contributed by atoms with Gasteiger partial charge in [0.1, 0.15) is 0 Å². The van der Waals surface area contributed by atoms with Crippen LogP contribution in [-0.4, -0.2) is 42.9 Å². The highest BCUT2D eigenvalue weighted by atomic mass is 16.5. The van der Waals surface area contributed by atoms with Crippen LogP contribution in [0.2, 0.25) is 0 Å². The van der Waals surface area contributed by atoms with E-state index in [0.717, 1.165) is 19.6 Å². The van der Waals surface area contributed by atoms with Gasteiger partial charge in [0.2, 0.25) is 5.91 Å². The van der Waals surface area contributed by atoms with Gasteiger partial charge in [0.25, 0.3) is 0 Å². The predicted octanol–water partition coefficient (Wildman–Crippen LogP) is -0.176. The summed E-state index contributed by atoms with van der Waals surface area (Å²) in [6.07, 6.45) is 1.12. The molecule has 0 spiro atoms. The van der Waals surface area contributed by atoms with Gasteiger partial charge < -0.3 is 9.64 Å². The first-order valence-corrected chi connectivity index (χ1v) is 4.63. The minimum atomic E-state index is -0.0168. The number of hydrogen-bond donors (Lipinski definition) is 0. The molecule has 2 fully saturated rings. The van der Waals surface area contributed by atoms with Gasteiger partial charge in [-0.05, 0) is 6.42 Å². The molecule has 0 saturated carbocycles. The van der Waals surface area contributed by atoms with Crippen LogP contribution in [0.3, 0.4) is 0 Å². The molecule has 2 aliphatic rings. The lowest BCUT2D eigenvalue weighted by atomic mass is 10.1. The van der Waals surface area contributed by atoms with E-state index in [1.165, 1.54) is 0 Å². The second-order valence-electron chi connectivity index (χ2n) is 3.72. The summed E-state index contributed by atoms with van der Waals surface area (Å²) in [7, 11) is 0. The van der Waals surface area contributed by atoms with Crippen LogP contribution in [0.1, 0.15) is 12.8 Å². The molecule has 2 heterocycles. The molecule has 4 nitrogen and oxygen atoms in total. The Morgan fingerprint density at radius 3 is 2.85 bits per heavy atom. The zero-order valence-electron chi connectivity index (χ0n) is 7.49. The topological polar surface area (TPSA) is 46.6 Å². The highest BCUT2D eigenvalue weighted by molar-refractivity contribution is 6.05. The van der Waals surface area contributed by atoms with Crippen LogP contribution in [0.4, 0.5) is 0 Å². The van der Waals surface area contributed by atoms with E-state index in [1.807, 2.05) is 0 Å². The Bertz CT molecular complexity index is 233. The van der Waals surface area contributed by atoms with Gasteiger partial charge in [-0.1, -0.05) is 0 Å². The Morgan fingerprint density at radius 1 is 1.46 bits per heavy atom. The van der Waals surface area contributed by atoms with E-state index < -0.39 is 0 Å². The molecular formula is C9H13NO3. The predicted molar refractivity (Wildman–Crippen MR) is 45.1 cm³/mol. The summed E-state index contributed by atoms with van der Waals surface area (Å²) in [6, 6.07) is 0. The Labute approximate surface area is 76.8 Å². The van der Waals surface area contributed by atoms with Crippen molar-refractivity contribution in [3.63, 3.8) is 0 Å². The first-order chi connectivity index (χ1) is 6.25. The van der Waals surface area contributed by atoms with E-state index in [-0.39, 0.29) is 18.1 Å². The molecule has 0 N–H and O–H groups in total. The van der Waals surface area contributed by atoms with Gasteiger partial charge in [-0.25, -0.2) is 0 Å². The molecule has 1 unspecified atom stereocenters. The summed E-state index contributed by atoms with van der Waals surface area (Å²) >= 11 is 0. The molecule has 1 amide bonds. The van der Waals surface area contributed by atoms with Crippen LogP contribution in [0.15, 0.2) is 0 Å². The average molecular weight is 183 g/mol. The van der Waals surface area contributed by atoms with Crippen molar-refractivity contribution >= 4 is 11.7 Å². The fourth-order valence-electron chi connectivity index (χ4n) is 1.84.